The van der Waals surface area contributed by atoms with Gasteiger partial charge in [0.15, 0.2) is 0 Å². The summed E-state index contributed by atoms with van der Waals surface area (Å²) in [6, 6.07) is 10.3. The summed E-state index contributed by atoms with van der Waals surface area (Å²) >= 11 is 1.76. The van der Waals surface area contributed by atoms with E-state index in [9.17, 15) is 4.79 Å². The molecule has 2 aliphatic heterocycles. The van der Waals surface area contributed by atoms with Crippen molar-refractivity contribution in [3.05, 3.63) is 42.0 Å². The Morgan fingerprint density at radius 3 is 2.71 bits per heavy atom. The van der Waals surface area contributed by atoms with Crippen molar-refractivity contribution in [2.45, 2.75) is 43.7 Å². The maximum atomic E-state index is 12.8. The SMILES string of the molecule is CC(CSc1ccccc1)C(=O)N1CCC(c2nnc3n2CCNC3)CC1.Cl. The molecule has 2 aliphatic rings. The second-order valence-corrected chi connectivity index (χ2v) is 8.52. The van der Waals surface area contributed by atoms with E-state index < -0.39 is 0 Å². The topological polar surface area (TPSA) is 63.1 Å². The molecule has 1 aromatic heterocycles. The fourth-order valence-corrected chi connectivity index (χ4v) is 4.83. The van der Waals surface area contributed by atoms with Crippen LogP contribution < -0.4 is 5.32 Å². The Bertz CT molecular complexity index is 776. The molecule has 0 spiro atoms. The molecule has 0 aliphatic carbocycles. The Hall–Kier alpha value is -1.57. The summed E-state index contributed by atoms with van der Waals surface area (Å²) in [5, 5.41) is 12.1. The molecule has 4 rings (SSSR count). The first kappa shape index (κ1) is 21.1. The molecule has 28 heavy (non-hydrogen) atoms. The largest absolute Gasteiger partial charge is 0.342 e. The number of amides is 1. The van der Waals surface area contributed by atoms with E-state index in [-0.39, 0.29) is 24.2 Å². The van der Waals surface area contributed by atoms with Crippen molar-refractivity contribution in [3.63, 3.8) is 0 Å². The standard InChI is InChI=1S/C20H27N5OS.ClH/c1-15(14-27-17-5-3-2-4-6-17)20(26)24-10-7-16(8-11-24)19-23-22-18-13-21-9-12-25(18)19;/h2-6,15-16,21H,7-14H2,1H3;1H. The zero-order chi connectivity index (χ0) is 18.6. The smallest absolute Gasteiger partial charge is 0.226 e. The second kappa shape index (κ2) is 9.76. The van der Waals surface area contributed by atoms with Gasteiger partial charge in [0.1, 0.15) is 11.6 Å². The van der Waals surface area contributed by atoms with Crippen LogP contribution in [0.25, 0.3) is 0 Å². The van der Waals surface area contributed by atoms with Crippen molar-refractivity contribution >= 4 is 30.1 Å². The second-order valence-electron chi connectivity index (χ2n) is 7.43. The number of carbonyl (C=O) groups is 1. The van der Waals surface area contributed by atoms with Crippen LogP contribution in [0.3, 0.4) is 0 Å². The van der Waals surface area contributed by atoms with Crippen LogP contribution >= 0.6 is 24.2 Å². The number of halogens is 1. The highest BCUT2D eigenvalue weighted by atomic mass is 35.5. The van der Waals surface area contributed by atoms with Crippen molar-refractivity contribution < 1.29 is 4.79 Å². The monoisotopic (exact) mass is 421 g/mol. The molecule has 0 saturated carbocycles. The number of nitrogens with one attached hydrogen (secondary N) is 1. The van der Waals surface area contributed by atoms with E-state index in [4.69, 9.17) is 0 Å². The lowest BCUT2D eigenvalue weighted by Crippen LogP contribution is -2.41. The number of carbonyl (C=O) groups excluding carboxylic acids is 1. The average molecular weight is 422 g/mol. The van der Waals surface area contributed by atoms with Crippen molar-refractivity contribution in [1.29, 1.82) is 0 Å². The van der Waals surface area contributed by atoms with E-state index in [1.807, 2.05) is 30.0 Å². The molecule has 1 amide bonds. The zero-order valence-corrected chi connectivity index (χ0v) is 17.8. The van der Waals surface area contributed by atoms with Gasteiger partial charge < -0.3 is 14.8 Å². The highest BCUT2D eigenvalue weighted by Crippen LogP contribution is 2.29. The van der Waals surface area contributed by atoms with Gasteiger partial charge in [-0.3, -0.25) is 4.79 Å². The number of piperidine rings is 1. The summed E-state index contributed by atoms with van der Waals surface area (Å²) in [6.07, 6.45) is 1.96. The van der Waals surface area contributed by atoms with Gasteiger partial charge in [-0.15, -0.1) is 34.4 Å². The van der Waals surface area contributed by atoms with Crippen LogP contribution in [0, 0.1) is 5.92 Å². The highest BCUT2D eigenvalue weighted by Gasteiger charge is 2.30. The van der Waals surface area contributed by atoms with Crippen LogP contribution in [0.2, 0.25) is 0 Å². The van der Waals surface area contributed by atoms with Gasteiger partial charge in [-0.25, -0.2) is 0 Å². The van der Waals surface area contributed by atoms with Gasteiger partial charge in [0.05, 0.1) is 6.54 Å². The third kappa shape index (κ3) is 4.70. The average Bonchev–Trinajstić information content (AvgIpc) is 3.16. The minimum Gasteiger partial charge on any atom is -0.342 e. The van der Waals surface area contributed by atoms with Crippen LogP contribution in [-0.4, -0.2) is 51.0 Å². The van der Waals surface area contributed by atoms with Gasteiger partial charge in [-0.05, 0) is 25.0 Å². The fraction of sp³-hybridized carbons (Fsp3) is 0.550. The van der Waals surface area contributed by atoms with Crippen LogP contribution in [-0.2, 0) is 17.9 Å². The highest BCUT2D eigenvalue weighted by molar-refractivity contribution is 7.99. The van der Waals surface area contributed by atoms with Gasteiger partial charge in [-0.1, -0.05) is 25.1 Å². The number of fused-ring (bicyclic) bond motifs is 1. The molecular weight excluding hydrogens is 394 g/mol. The normalized spacial score (nSPS) is 18.2. The number of likely N-dealkylation sites (tertiary alicyclic amines) is 1. The minimum absolute atomic E-state index is 0. The van der Waals surface area contributed by atoms with Crippen LogP contribution in [0.4, 0.5) is 0 Å². The van der Waals surface area contributed by atoms with E-state index in [1.54, 1.807) is 11.8 Å². The Kier molecular flexibility index (Phi) is 7.37. The molecule has 1 fully saturated rings. The fourth-order valence-electron chi connectivity index (χ4n) is 3.90. The Morgan fingerprint density at radius 1 is 1.21 bits per heavy atom. The first-order valence-corrected chi connectivity index (χ1v) is 10.8. The van der Waals surface area contributed by atoms with E-state index >= 15 is 0 Å². The molecule has 1 unspecified atom stereocenters. The molecule has 3 heterocycles. The van der Waals surface area contributed by atoms with Gasteiger partial charge in [0.25, 0.3) is 0 Å². The minimum atomic E-state index is 0. The molecule has 1 saturated heterocycles. The lowest BCUT2D eigenvalue weighted by Gasteiger charge is -2.33. The molecular formula is C20H28ClN5OS. The Balaban J connectivity index is 0.00000225. The van der Waals surface area contributed by atoms with E-state index in [2.05, 4.69) is 32.2 Å². The molecule has 0 bridgehead atoms. The summed E-state index contributed by atoms with van der Waals surface area (Å²) in [4.78, 5) is 16.1. The number of aromatic nitrogens is 3. The Labute approximate surface area is 176 Å². The molecule has 0 radical (unpaired) electrons. The van der Waals surface area contributed by atoms with Crippen molar-refractivity contribution in [3.8, 4) is 0 Å². The molecule has 2 aromatic rings. The van der Waals surface area contributed by atoms with Crippen LogP contribution in [0.5, 0.6) is 0 Å². The lowest BCUT2D eigenvalue weighted by molar-refractivity contribution is -0.135. The summed E-state index contributed by atoms with van der Waals surface area (Å²) in [5.41, 5.74) is 0. The Morgan fingerprint density at radius 2 is 1.96 bits per heavy atom. The third-order valence-corrected chi connectivity index (χ3v) is 6.76. The summed E-state index contributed by atoms with van der Waals surface area (Å²) < 4.78 is 2.28. The maximum Gasteiger partial charge on any atom is 0.226 e. The third-order valence-electron chi connectivity index (χ3n) is 5.49. The number of hydrogen-bond donors (Lipinski definition) is 1. The molecule has 8 heteroatoms. The molecule has 6 nitrogen and oxygen atoms in total. The van der Waals surface area contributed by atoms with Gasteiger partial charge in [0, 0.05) is 48.7 Å². The van der Waals surface area contributed by atoms with Crippen LogP contribution in [0.1, 0.15) is 37.3 Å². The molecule has 1 atom stereocenters. The number of thioether (sulfide) groups is 1. The van der Waals surface area contributed by atoms with Gasteiger partial charge >= 0.3 is 0 Å². The summed E-state index contributed by atoms with van der Waals surface area (Å²) in [5.74, 6) is 3.73. The quantitative estimate of drug-likeness (QED) is 0.752. The van der Waals surface area contributed by atoms with E-state index in [1.165, 1.54) is 4.90 Å². The number of hydrogen-bond acceptors (Lipinski definition) is 5. The van der Waals surface area contributed by atoms with Crippen molar-refractivity contribution in [2.75, 3.05) is 25.4 Å². The number of benzene rings is 1. The predicted molar refractivity (Wildman–Crippen MR) is 114 cm³/mol. The summed E-state index contributed by atoms with van der Waals surface area (Å²) in [7, 11) is 0. The first-order chi connectivity index (χ1) is 13.2. The molecule has 152 valence electrons. The predicted octanol–water partition coefficient (Wildman–Crippen LogP) is 2.94. The zero-order valence-electron chi connectivity index (χ0n) is 16.2. The van der Waals surface area contributed by atoms with Gasteiger partial charge in [-0.2, -0.15) is 0 Å². The molecule has 1 aromatic carbocycles. The lowest BCUT2D eigenvalue weighted by atomic mass is 9.95. The van der Waals surface area contributed by atoms with Gasteiger partial charge in [0.2, 0.25) is 5.91 Å². The number of nitrogens with zero attached hydrogens (tertiary/aromatic N) is 4. The van der Waals surface area contributed by atoms with Crippen molar-refractivity contribution in [1.82, 2.24) is 25.0 Å². The molecule has 1 N–H and O–H groups in total. The summed E-state index contributed by atoms with van der Waals surface area (Å²) in [6.45, 7) is 6.43. The van der Waals surface area contributed by atoms with Crippen LogP contribution in [0.15, 0.2) is 35.2 Å². The number of rotatable bonds is 5. The maximum absolute atomic E-state index is 12.8. The van der Waals surface area contributed by atoms with Crippen molar-refractivity contribution in [2.24, 2.45) is 5.92 Å². The van der Waals surface area contributed by atoms with E-state index in [0.29, 0.717) is 5.92 Å². The first-order valence-electron chi connectivity index (χ1n) is 9.81. The van der Waals surface area contributed by atoms with E-state index in [0.717, 1.165) is 63.0 Å².